The van der Waals surface area contributed by atoms with Crippen LogP contribution in [0.3, 0.4) is 0 Å². The van der Waals surface area contributed by atoms with Crippen LogP contribution in [0.2, 0.25) is 0 Å². The fourth-order valence-electron chi connectivity index (χ4n) is 2.14. The van der Waals surface area contributed by atoms with Gasteiger partial charge in [0.2, 0.25) is 0 Å². The first-order chi connectivity index (χ1) is 8.22. The zero-order valence-corrected chi connectivity index (χ0v) is 10.0. The van der Waals surface area contributed by atoms with Gasteiger partial charge in [-0.05, 0) is 24.1 Å². The van der Waals surface area contributed by atoms with Gasteiger partial charge in [0.25, 0.3) is 0 Å². The first-order valence-corrected chi connectivity index (χ1v) is 6.03. The Morgan fingerprint density at radius 2 is 1.76 bits per heavy atom. The Labute approximate surface area is 100 Å². The smallest absolute Gasteiger partial charge is 0.149 e. The molecule has 0 aliphatic carbocycles. The van der Waals surface area contributed by atoms with E-state index in [0.29, 0.717) is 32.7 Å². The van der Waals surface area contributed by atoms with Crippen LogP contribution >= 0.6 is 0 Å². The van der Waals surface area contributed by atoms with Crippen LogP contribution in [0.15, 0.2) is 12.1 Å². The first-order valence-electron chi connectivity index (χ1n) is 6.03. The van der Waals surface area contributed by atoms with E-state index >= 15 is 0 Å². The third-order valence-corrected chi connectivity index (χ3v) is 2.94. The molecule has 1 fully saturated rings. The van der Waals surface area contributed by atoms with Crippen LogP contribution in [0, 0.1) is 11.6 Å². The lowest BCUT2D eigenvalue weighted by Gasteiger charge is -2.29. The Bertz CT molecular complexity index is 366. The molecular formula is C13H17F2NO. The third kappa shape index (κ3) is 2.75. The topological polar surface area (TPSA) is 12.5 Å². The minimum absolute atomic E-state index is 0.0909. The van der Waals surface area contributed by atoms with Gasteiger partial charge < -0.3 is 9.64 Å². The van der Waals surface area contributed by atoms with Crippen molar-refractivity contribution in [1.29, 1.82) is 0 Å². The van der Waals surface area contributed by atoms with Crippen LogP contribution in [-0.4, -0.2) is 26.3 Å². The van der Waals surface area contributed by atoms with E-state index in [1.165, 1.54) is 12.1 Å². The van der Waals surface area contributed by atoms with Crippen LogP contribution < -0.4 is 4.90 Å². The molecular weight excluding hydrogens is 224 g/mol. The van der Waals surface area contributed by atoms with Crippen LogP contribution in [0.25, 0.3) is 0 Å². The lowest BCUT2D eigenvalue weighted by Crippen LogP contribution is -2.37. The van der Waals surface area contributed by atoms with E-state index in [-0.39, 0.29) is 5.69 Å². The molecule has 2 rings (SSSR count). The van der Waals surface area contributed by atoms with Crippen molar-refractivity contribution in [3.05, 3.63) is 29.3 Å². The zero-order chi connectivity index (χ0) is 12.3. The molecule has 0 amide bonds. The number of aryl methyl sites for hydroxylation is 1. The number of rotatable bonds is 3. The number of ether oxygens (including phenoxy) is 1. The molecule has 1 aliphatic rings. The van der Waals surface area contributed by atoms with Crippen LogP contribution in [0.4, 0.5) is 14.5 Å². The Hall–Kier alpha value is -1.16. The fourth-order valence-corrected chi connectivity index (χ4v) is 2.14. The number of nitrogens with zero attached hydrogens (tertiary/aromatic N) is 1. The number of hydrogen-bond acceptors (Lipinski definition) is 2. The normalized spacial score (nSPS) is 16.3. The Kier molecular flexibility index (Phi) is 3.94. The fraction of sp³-hybridized carbons (Fsp3) is 0.538. The molecule has 0 N–H and O–H groups in total. The van der Waals surface area contributed by atoms with Gasteiger partial charge in [-0.1, -0.05) is 13.3 Å². The van der Waals surface area contributed by atoms with Crippen molar-refractivity contribution in [2.24, 2.45) is 0 Å². The molecule has 0 saturated carbocycles. The number of benzene rings is 1. The highest BCUT2D eigenvalue weighted by Crippen LogP contribution is 2.26. The minimum atomic E-state index is -0.463. The molecule has 0 aromatic heterocycles. The van der Waals surface area contributed by atoms with E-state index in [0.717, 1.165) is 12.0 Å². The maximum Gasteiger partial charge on any atom is 0.149 e. The molecule has 1 aromatic carbocycles. The molecule has 0 radical (unpaired) electrons. The van der Waals surface area contributed by atoms with Gasteiger partial charge >= 0.3 is 0 Å². The summed E-state index contributed by atoms with van der Waals surface area (Å²) in [6.45, 7) is 4.12. The molecule has 1 saturated heterocycles. The molecule has 1 heterocycles. The van der Waals surface area contributed by atoms with E-state index < -0.39 is 11.6 Å². The predicted molar refractivity (Wildman–Crippen MR) is 63.4 cm³/mol. The summed E-state index contributed by atoms with van der Waals surface area (Å²) in [5, 5.41) is 0. The molecule has 2 nitrogen and oxygen atoms in total. The van der Waals surface area contributed by atoms with E-state index in [1.807, 2.05) is 6.92 Å². The molecule has 0 bridgehead atoms. The van der Waals surface area contributed by atoms with E-state index in [2.05, 4.69) is 0 Å². The molecule has 1 aliphatic heterocycles. The summed E-state index contributed by atoms with van der Waals surface area (Å²) in [5.41, 5.74) is 0.813. The molecule has 94 valence electrons. The summed E-state index contributed by atoms with van der Waals surface area (Å²) in [7, 11) is 0. The van der Waals surface area contributed by atoms with Gasteiger partial charge in [-0.3, -0.25) is 0 Å². The highest BCUT2D eigenvalue weighted by molar-refractivity contribution is 5.51. The largest absolute Gasteiger partial charge is 0.378 e. The monoisotopic (exact) mass is 241 g/mol. The van der Waals surface area contributed by atoms with Crippen molar-refractivity contribution < 1.29 is 13.5 Å². The van der Waals surface area contributed by atoms with E-state index in [9.17, 15) is 8.78 Å². The van der Waals surface area contributed by atoms with Crippen molar-refractivity contribution in [2.75, 3.05) is 31.2 Å². The Balaban J connectivity index is 2.27. The number of hydrogen-bond donors (Lipinski definition) is 0. The van der Waals surface area contributed by atoms with Gasteiger partial charge in [-0.15, -0.1) is 0 Å². The summed E-state index contributed by atoms with van der Waals surface area (Å²) in [6.07, 6.45) is 1.59. The summed E-state index contributed by atoms with van der Waals surface area (Å²) < 4.78 is 33.0. The van der Waals surface area contributed by atoms with E-state index in [1.54, 1.807) is 4.90 Å². The van der Waals surface area contributed by atoms with Crippen molar-refractivity contribution in [2.45, 2.75) is 19.8 Å². The summed E-state index contributed by atoms with van der Waals surface area (Å²) >= 11 is 0. The number of morpholine rings is 1. The Morgan fingerprint density at radius 1 is 1.18 bits per heavy atom. The SMILES string of the molecule is CCCc1cc(F)c(N2CCOCC2)c(F)c1. The van der Waals surface area contributed by atoms with Gasteiger partial charge in [0.1, 0.15) is 17.3 Å². The standard InChI is InChI=1S/C13H17F2NO/c1-2-3-10-8-11(14)13(12(15)9-10)16-4-6-17-7-5-16/h8-9H,2-7H2,1H3. The van der Waals surface area contributed by atoms with Crippen molar-refractivity contribution in [3.8, 4) is 0 Å². The zero-order valence-electron chi connectivity index (χ0n) is 10.0. The maximum absolute atomic E-state index is 13.9. The van der Waals surface area contributed by atoms with Crippen LogP contribution in [0.5, 0.6) is 0 Å². The molecule has 1 aromatic rings. The van der Waals surface area contributed by atoms with E-state index in [4.69, 9.17) is 4.74 Å². The third-order valence-electron chi connectivity index (χ3n) is 2.94. The quantitative estimate of drug-likeness (QED) is 0.806. The molecule has 0 atom stereocenters. The first kappa shape index (κ1) is 12.3. The predicted octanol–water partition coefficient (Wildman–Crippen LogP) is 2.75. The number of halogens is 2. The van der Waals surface area contributed by atoms with Gasteiger partial charge in [-0.25, -0.2) is 8.78 Å². The molecule has 0 unspecified atom stereocenters. The summed E-state index contributed by atoms with van der Waals surface area (Å²) in [6, 6.07) is 2.88. The second-order valence-electron chi connectivity index (χ2n) is 4.26. The second kappa shape index (κ2) is 5.45. The van der Waals surface area contributed by atoms with Gasteiger partial charge in [0.15, 0.2) is 0 Å². The lowest BCUT2D eigenvalue weighted by molar-refractivity contribution is 0.122. The average Bonchev–Trinajstić information content (AvgIpc) is 2.30. The lowest BCUT2D eigenvalue weighted by atomic mass is 10.1. The molecule has 0 spiro atoms. The average molecular weight is 241 g/mol. The number of anilines is 1. The summed E-state index contributed by atoms with van der Waals surface area (Å²) in [5.74, 6) is -0.925. The van der Waals surface area contributed by atoms with Crippen molar-refractivity contribution in [1.82, 2.24) is 0 Å². The van der Waals surface area contributed by atoms with Gasteiger partial charge in [0.05, 0.1) is 13.2 Å². The van der Waals surface area contributed by atoms with Crippen LogP contribution in [-0.2, 0) is 11.2 Å². The van der Waals surface area contributed by atoms with Crippen molar-refractivity contribution in [3.63, 3.8) is 0 Å². The minimum Gasteiger partial charge on any atom is -0.378 e. The molecule has 17 heavy (non-hydrogen) atoms. The van der Waals surface area contributed by atoms with Gasteiger partial charge in [-0.2, -0.15) is 0 Å². The summed E-state index contributed by atoms with van der Waals surface area (Å²) in [4.78, 5) is 1.71. The Morgan fingerprint density at radius 3 is 2.29 bits per heavy atom. The highest BCUT2D eigenvalue weighted by Gasteiger charge is 2.19. The van der Waals surface area contributed by atoms with Gasteiger partial charge in [0, 0.05) is 13.1 Å². The molecule has 4 heteroatoms. The van der Waals surface area contributed by atoms with Crippen molar-refractivity contribution >= 4 is 5.69 Å². The second-order valence-corrected chi connectivity index (χ2v) is 4.26. The van der Waals surface area contributed by atoms with Crippen LogP contribution in [0.1, 0.15) is 18.9 Å². The maximum atomic E-state index is 13.9. The highest BCUT2D eigenvalue weighted by atomic mass is 19.1.